The monoisotopic (exact) mass is 700 g/mol. The van der Waals surface area contributed by atoms with Gasteiger partial charge in [0.2, 0.25) is 0 Å². The molecule has 0 heterocycles. The zero-order valence-corrected chi connectivity index (χ0v) is 28.8. The maximum absolute atomic E-state index is 9.77. The summed E-state index contributed by atoms with van der Waals surface area (Å²) in [5.41, 5.74) is 5.42. The molecule has 5 aromatic rings. The summed E-state index contributed by atoms with van der Waals surface area (Å²) in [6.07, 6.45) is 10.0. The smallest absolute Gasteiger partial charge is 0.115 e. The van der Waals surface area contributed by atoms with E-state index in [1.54, 1.807) is 0 Å². The first kappa shape index (κ1) is 34.5. The maximum Gasteiger partial charge on any atom is 0.115 e. The van der Waals surface area contributed by atoms with Crippen molar-refractivity contribution in [3.63, 3.8) is 0 Å². The van der Waals surface area contributed by atoms with Crippen LogP contribution in [0, 0.1) is 0 Å². The van der Waals surface area contributed by atoms with Crippen molar-refractivity contribution in [1.29, 1.82) is 0 Å². The number of aromatic hydroxyl groups is 1. The lowest BCUT2D eigenvalue weighted by molar-refractivity contribution is -0.00000943. The molecule has 5 aromatic carbocycles. The minimum atomic E-state index is -1.09. The summed E-state index contributed by atoms with van der Waals surface area (Å²) in [6, 6.07) is 47.2. The molecule has 0 aromatic heterocycles. The standard InChI is InChI=1S/C28H35OP.C12H10.HI/c1-3-5-7-9-23-11-17-26(18-12-23)30(28-21-15-25(29)16-22-28)27-19-13-24(14-20-27)10-8-6-4-2;1-3-7-11(8-4-1)12-9-5-2-6-10-12;/h11-22,29H,3-10H2,1-2H3;1-10H;1H. The van der Waals surface area contributed by atoms with Crippen LogP contribution in [-0.2, 0) is 12.8 Å². The fraction of sp³-hybridized carbons (Fsp3) is 0.250. The van der Waals surface area contributed by atoms with E-state index in [1.807, 2.05) is 24.3 Å². The van der Waals surface area contributed by atoms with Gasteiger partial charge in [0.25, 0.3) is 0 Å². The molecular formula is C40H46IOP. The van der Waals surface area contributed by atoms with Gasteiger partial charge in [-0.3, -0.25) is 0 Å². The van der Waals surface area contributed by atoms with Gasteiger partial charge in [0.15, 0.2) is 0 Å². The van der Waals surface area contributed by atoms with Crippen LogP contribution in [0.25, 0.3) is 11.1 Å². The van der Waals surface area contributed by atoms with Crippen molar-refractivity contribution in [2.75, 3.05) is 0 Å². The van der Waals surface area contributed by atoms with E-state index in [0.29, 0.717) is 5.75 Å². The number of hydrogen-bond acceptors (Lipinski definition) is 1. The molecule has 0 atom stereocenters. The predicted octanol–water partition coefficient (Wildman–Crippen LogP) is 6.71. The van der Waals surface area contributed by atoms with E-state index < -0.39 is 7.92 Å². The molecule has 5 rings (SSSR count). The van der Waals surface area contributed by atoms with E-state index in [-0.39, 0.29) is 24.0 Å². The maximum atomic E-state index is 9.77. The van der Waals surface area contributed by atoms with E-state index in [9.17, 15) is 5.11 Å². The van der Waals surface area contributed by atoms with Gasteiger partial charge in [0.1, 0.15) is 21.7 Å². The number of halogens is 1. The third-order valence-electron chi connectivity index (χ3n) is 7.66. The summed E-state index contributed by atoms with van der Waals surface area (Å²) in [6.45, 7) is 4.51. The van der Waals surface area contributed by atoms with Crippen LogP contribution in [0.1, 0.15) is 63.5 Å². The quantitative estimate of drug-likeness (QED) is 0.0873. The van der Waals surface area contributed by atoms with Gasteiger partial charge in [0, 0.05) is 0 Å². The van der Waals surface area contributed by atoms with Gasteiger partial charge in [-0.15, -0.1) is 0 Å². The number of rotatable bonds is 12. The van der Waals surface area contributed by atoms with Crippen molar-refractivity contribution in [2.45, 2.75) is 65.2 Å². The second-order valence-electron chi connectivity index (χ2n) is 11.0. The third-order valence-corrected chi connectivity index (χ3v) is 10.4. The predicted molar refractivity (Wildman–Crippen MR) is 187 cm³/mol. The first-order chi connectivity index (χ1) is 20.7. The second kappa shape index (κ2) is 19.4. The molecule has 0 radical (unpaired) electrons. The summed E-state index contributed by atoms with van der Waals surface area (Å²) in [5, 5.41) is 13.9. The highest BCUT2D eigenvalue weighted by Gasteiger charge is 2.25. The van der Waals surface area contributed by atoms with Gasteiger partial charge in [-0.1, -0.05) is 124 Å². The summed E-state index contributed by atoms with van der Waals surface area (Å²) in [5.74, 6) is 0.331. The van der Waals surface area contributed by atoms with E-state index >= 15 is 0 Å². The Kier molecular flexibility index (Phi) is 15.6. The molecule has 3 heteroatoms. The Morgan fingerprint density at radius 3 is 1.14 bits per heavy atom. The molecule has 0 spiro atoms. The number of phenols is 1. The largest absolute Gasteiger partial charge is 1.00 e. The minimum Gasteiger partial charge on any atom is -1.00 e. The summed E-state index contributed by atoms with van der Waals surface area (Å²) >= 11 is 0. The number of aryl methyl sites for hydroxylation is 2. The van der Waals surface area contributed by atoms with Crippen molar-refractivity contribution >= 4 is 23.8 Å². The molecular weight excluding hydrogens is 654 g/mol. The molecule has 1 nitrogen and oxygen atoms in total. The summed E-state index contributed by atoms with van der Waals surface area (Å²) in [4.78, 5) is 0. The van der Waals surface area contributed by atoms with Crippen LogP contribution in [0.3, 0.4) is 0 Å². The van der Waals surface area contributed by atoms with Gasteiger partial charge in [-0.25, -0.2) is 0 Å². The zero-order chi connectivity index (χ0) is 29.4. The molecule has 0 bridgehead atoms. The molecule has 224 valence electrons. The fourth-order valence-corrected chi connectivity index (χ4v) is 7.72. The summed E-state index contributed by atoms with van der Waals surface area (Å²) in [7, 11) is -1.09. The molecule has 0 fully saturated rings. The SMILES string of the molecule is CCCCCc1ccc([PH+](c2ccc(O)cc2)c2ccc(CCCCC)cc2)cc1.[I-].c1ccc(-c2ccccc2)cc1. The van der Waals surface area contributed by atoms with Crippen molar-refractivity contribution in [2.24, 2.45) is 0 Å². The van der Waals surface area contributed by atoms with Crippen molar-refractivity contribution in [3.8, 4) is 16.9 Å². The van der Waals surface area contributed by atoms with Gasteiger partial charge in [-0.05, 0) is 96.5 Å². The molecule has 0 amide bonds. The first-order valence-corrected chi connectivity index (χ1v) is 17.1. The van der Waals surface area contributed by atoms with Crippen LogP contribution in [0.4, 0.5) is 0 Å². The zero-order valence-electron chi connectivity index (χ0n) is 25.7. The Hall–Kier alpha value is -2.94. The molecule has 0 saturated heterocycles. The average Bonchev–Trinajstić information content (AvgIpc) is 3.05. The Labute approximate surface area is 278 Å². The fourth-order valence-electron chi connectivity index (χ4n) is 5.22. The topological polar surface area (TPSA) is 20.2 Å². The van der Waals surface area contributed by atoms with E-state index in [2.05, 4.69) is 123 Å². The van der Waals surface area contributed by atoms with E-state index in [4.69, 9.17) is 0 Å². The molecule has 0 aliphatic rings. The van der Waals surface area contributed by atoms with Crippen molar-refractivity contribution < 1.29 is 29.1 Å². The lowest BCUT2D eigenvalue weighted by Crippen LogP contribution is -3.00. The second-order valence-corrected chi connectivity index (χ2v) is 13.4. The van der Waals surface area contributed by atoms with Crippen LogP contribution in [-0.4, -0.2) is 5.11 Å². The van der Waals surface area contributed by atoms with E-state index in [0.717, 1.165) is 0 Å². The van der Waals surface area contributed by atoms with Gasteiger partial charge < -0.3 is 29.1 Å². The highest BCUT2D eigenvalue weighted by Crippen LogP contribution is 2.33. The number of hydrogen-bond donors (Lipinski definition) is 1. The normalized spacial score (nSPS) is 10.5. The van der Waals surface area contributed by atoms with Crippen LogP contribution >= 0.6 is 7.92 Å². The molecule has 43 heavy (non-hydrogen) atoms. The van der Waals surface area contributed by atoms with Crippen LogP contribution in [0.2, 0.25) is 0 Å². The molecule has 0 aliphatic heterocycles. The van der Waals surface area contributed by atoms with E-state index in [1.165, 1.54) is 89.5 Å². The first-order valence-electron chi connectivity index (χ1n) is 15.6. The van der Waals surface area contributed by atoms with Gasteiger partial charge >= 0.3 is 0 Å². The van der Waals surface area contributed by atoms with Crippen molar-refractivity contribution in [3.05, 3.63) is 145 Å². The Morgan fingerprint density at radius 2 is 0.791 bits per heavy atom. The van der Waals surface area contributed by atoms with Crippen molar-refractivity contribution in [1.82, 2.24) is 0 Å². The summed E-state index contributed by atoms with van der Waals surface area (Å²) < 4.78 is 0. The van der Waals surface area contributed by atoms with Gasteiger partial charge in [-0.2, -0.15) is 0 Å². The van der Waals surface area contributed by atoms with Crippen LogP contribution in [0.15, 0.2) is 133 Å². The highest BCUT2D eigenvalue weighted by atomic mass is 127. The van der Waals surface area contributed by atoms with Crippen LogP contribution in [0.5, 0.6) is 5.75 Å². The Bertz CT molecular complexity index is 1330. The molecule has 0 aliphatic carbocycles. The number of benzene rings is 5. The Morgan fingerprint density at radius 1 is 0.442 bits per heavy atom. The lowest BCUT2D eigenvalue weighted by atomic mass is 10.1. The number of unbranched alkanes of at least 4 members (excludes halogenated alkanes) is 4. The Balaban J connectivity index is 0.000000324. The third kappa shape index (κ3) is 11.2. The minimum absolute atomic E-state index is 0. The highest BCUT2D eigenvalue weighted by molar-refractivity contribution is 7.79. The average molecular weight is 701 g/mol. The number of phenolic OH excluding ortho intramolecular Hbond substituents is 1. The molecule has 1 N–H and O–H groups in total. The van der Waals surface area contributed by atoms with Gasteiger partial charge in [0.05, 0.1) is 7.92 Å². The molecule has 0 unspecified atom stereocenters. The van der Waals surface area contributed by atoms with Crippen LogP contribution < -0.4 is 39.9 Å². The lowest BCUT2D eigenvalue weighted by Gasteiger charge is -2.12. The molecule has 0 saturated carbocycles.